The molecule has 0 saturated carbocycles. The van der Waals surface area contributed by atoms with Gasteiger partial charge in [-0.3, -0.25) is 0 Å². The molecule has 1 heterocycles. The van der Waals surface area contributed by atoms with E-state index in [0.29, 0.717) is 0 Å². The van der Waals surface area contributed by atoms with Crippen LogP contribution in [0, 0.1) is 0 Å². The van der Waals surface area contributed by atoms with Crippen LogP contribution in [0.5, 0.6) is 5.75 Å². The Morgan fingerprint density at radius 3 is 3.00 bits per heavy atom. The molecule has 1 aromatic carbocycles. The first kappa shape index (κ1) is 12.5. The number of piperazine rings is 1. The van der Waals surface area contributed by atoms with E-state index in [1.807, 2.05) is 24.3 Å². The molecule has 1 atom stereocenters. The Kier molecular flexibility index (Phi) is 4.10. The number of rotatable bonds is 3. The zero-order valence-electron chi connectivity index (χ0n) is 9.84. The van der Waals surface area contributed by atoms with Gasteiger partial charge in [0.1, 0.15) is 5.75 Å². The van der Waals surface area contributed by atoms with Gasteiger partial charge in [-0.2, -0.15) is 0 Å². The molecule has 1 N–H and O–H groups in total. The summed E-state index contributed by atoms with van der Waals surface area (Å²) in [6.07, 6.45) is 0. The number of anilines is 1. The maximum absolute atomic E-state index is 9.25. The fourth-order valence-electron chi connectivity index (χ4n) is 2.02. The minimum absolute atomic E-state index is 0.0170. The van der Waals surface area contributed by atoms with Gasteiger partial charge in [-0.25, -0.2) is 4.42 Å². The van der Waals surface area contributed by atoms with Crippen LogP contribution in [0.3, 0.4) is 0 Å². The van der Waals surface area contributed by atoms with Crippen molar-refractivity contribution in [2.24, 2.45) is 0 Å². The van der Waals surface area contributed by atoms with Gasteiger partial charge in [0.2, 0.25) is 0 Å². The van der Waals surface area contributed by atoms with Gasteiger partial charge in [0.25, 0.3) is 0 Å². The van der Waals surface area contributed by atoms with Crippen LogP contribution in [0.2, 0.25) is 0 Å². The highest BCUT2D eigenvalue weighted by molar-refractivity contribution is 6.13. The molecule has 0 aliphatic carbocycles. The van der Waals surface area contributed by atoms with Crippen molar-refractivity contribution in [2.45, 2.75) is 6.04 Å². The number of ether oxygens (including phenoxy) is 1. The van der Waals surface area contributed by atoms with Crippen LogP contribution in [0.4, 0.5) is 5.69 Å². The quantitative estimate of drug-likeness (QED) is 0.828. The van der Waals surface area contributed by atoms with Gasteiger partial charge in [-0.15, -0.1) is 0 Å². The van der Waals surface area contributed by atoms with E-state index in [2.05, 4.69) is 4.90 Å². The fourth-order valence-corrected chi connectivity index (χ4v) is 2.22. The standard InChI is InChI=1S/C12H17ClN2O2/c1-17-12-4-2-3-10(7-12)14-5-6-15(13)11(8-14)9-16/h2-4,7,11,16H,5-6,8-9H2,1H3/t11-/m1/s1. The van der Waals surface area contributed by atoms with Crippen molar-refractivity contribution in [3.8, 4) is 5.75 Å². The molecule has 0 bridgehead atoms. The molecule has 1 saturated heterocycles. The summed E-state index contributed by atoms with van der Waals surface area (Å²) in [5.41, 5.74) is 1.10. The lowest BCUT2D eigenvalue weighted by Gasteiger charge is -2.38. The lowest BCUT2D eigenvalue weighted by atomic mass is 10.2. The lowest BCUT2D eigenvalue weighted by Crippen LogP contribution is -2.51. The maximum atomic E-state index is 9.25. The smallest absolute Gasteiger partial charge is 0.120 e. The third-order valence-corrected chi connectivity index (χ3v) is 3.49. The lowest BCUT2D eigenvalue weighted by molar-refractivity contribution is 0.179. The molecule has 1 aromatic rings. The van der Waals surface area contributed by atoms with E-state index in [1.54, 1.807) is 11.5 Å². The van der Waals surface area contributed by atoms with Crippen LogP contribution in [0.15, 0.2) is 24.3 Å². The Hall–Kier alpha value is -0.970. The third kappa shape index (κ3) is 2.83. The molecule has 1 fully saturated rings. The highest BCUT2D eigenvalue weighted by atomic mass is 35.5. The van der Waals surface area contributed by atoms with E-state index in [4.69, 9.17) is 16.5 Å². The minimum atomic E-state index is -0.0170. The zero-order valence-corrected chi connectivity index (χ0v) is 10.6. The number of hydrogen-bond donors (Lipinski definition) is 1. The number of hydrogen-bond acceptors (Lipinski definition) is 4. The highest BCUT2D eigenvalue weighted by Crippen LogP contribution is 2.24. The Morgan fingerprint density at radius 2 is 2.29 bits per heavy atom. The first-order chi connectivity index (χ1) is 8.24. The summed E-state index contributed by atoms with van der Waals surface area (Å²) in [6, 6.07) is 7.91. The number of nitrogens with zero attached hydrogens (tertiary/aromatic N) is 2. The Labute approximate surface area is 106 Å². The summed E-state index contributed by atoms with van der Waals surface area (Å²) in [6.45, 7) is 2.40. The van der Waals surface area contributed by atoms with E-state index in [-0.39, 0.29) is 12.6 Å². The van der Waals surface area contributed by atoms with Crippen LogP contribution in [0.25, 0.3) is 0 Å². The molecule has 1 aliphatic heterocycles. The van der Waals surface area contributed by atoms with Crippen LogP contribution in [0.1, 0.15) is 0 Å². The summed E-state index contributed by atoms with van der Waals surface area (Å²) >= 11 is 6.02. The molecule has 2 rings (SSSR count). The van der Waals surface area contributed by atoms with Gasteiger partial charge in [-0.1, -0.05) is 6.07 Å². The number of benzene rings is 1. The van der Waals surface area contributed by atoms with Gasteiger partial charge in [0.15, 0.2) is 0 Å². The first-order valence-electron chi connectivity index (χ1n) is 5.67. The summed E-state index contributed by atoms with van der Waals surface area (Å²) < 4.78 is 6.88. The van der Waals surface area contributed by atoms with Gasteiger partial charge < -0.3 is 14.7 Å². The Balaban J connectivity index is 2.11. The maximum Gasteiger partial charge on any atom is 0.120 e. The molecule has 0 aromatic heterocycles. The molecule has 0 unspecified atom stereocenters. The third-order valence-electron chi connectivity index (χ3n) is 3.04. The average Bonchev–Trinajstić information content (AvgIpc) is 2.39. The van der Waals surface area contributed by atoms with E-state index >= 15 is 0 Å². The summed E-state index contributed by atoms with van der Waals surface area (Å²) in [7, 11) is 1.66. The predicted octanol–water partition coefficient (Wildman–Crippen LogP) is 1.33. The number of halogens is 1. The second kappa shape index (κ2) is 5.58. The highest BCUT2D eigenvalue weighted by Gasteiger charge is 2.25. The van der Waals surface area contributed by atoms with Crippen molar-refractivity contribution in [2.75, 3.05) is 38.3 Å². The van der Waals surface area contributed by atoms with Crippen LogP contribution < -0.4 is 9.64 Å². The van der Waals surface area contributed by atoms with E-state index < -0.39 is 0 Å². The summed E-state index contributed by atoms with van der Waals surface area (Å²) in [5, 5.41) is 9.25. The van der Waals surface area contributed by atoms with Crippen molar-refractivity contribution >= 4 is 17.5 Å². The second-order valence-electron chi connectivity index (χ2n) is 4.11. The second-order valence-corrected chi connectivity index (χ2v) is 4.54. The van der Waals surface area contributed by atoms with Crippen molar-refractivity contribution in [1.82, 2.24) is 4.42 Å². The van der Waals surface area contributed by atoms with E-state index in [0.717, 1.165) is 31.1 Å². The molecule has 0 radical (unpaired) electrons. The van der Waals surface area contributed by atoms with E-state index in [9.17, 15) is 5.11 Å². The number of aliphatic hydroxyl groups is 1. The first-order valence-corrected chi connectivity index (χ1v) is 6.00. The van der Waals surface area contributed by atoms with Crippen LogP contribution >= 0.6 is 11.8 Å². The predicted molar refractivity (Wildman–Crippen MR) is 68.6 cm³/mol. The SMILES string of the molecule is COc1cccc(N2CCN(Cl)[C@@H](CO)C2)c1. The molecule has 5 heteroatoms. The summed E-state index contributed by atoms with van der Waals surface area (Å²) in [4.78, 5) is 2.21. The van der Waals surface area contributed by atoms with Crippen LogP contribution in [-0.2, 0) is 0 Å². The molecular weight excluding hydrogens is 240 g/mol. The van der Waals surface area contributed by atoms with Crippen molar-refractivity contribution in [3.63, 3.8) is 0 Å². The van der Waals surface area contributed by atoms with Gasteiger partial charge in [0, 0.05) is 31.4 Å². The van der Waals surface area contributed by atoms with Crippen molar-refractivity contribution in [1.29, 1.82) is 0 Å². The normalized spacial score (nSPS) is 21.6. The molecule has 0 spiro atoms. The number of aliphatic hydroxyl groups excluding tert-OH is 1. The molecular formula is C12H17ClN2O2. The van der Waals surface area contributed by atoms with Crippen molar-refractivity contribution < 1.29 is 9.84 Å². The van der Waals surface area contributed by atoms with Gasteiger partial charge in [0.05, 0.1) is 19.8 Å². The van der Waals surface area contributed by atoms with Gasteiger partial charge in [-0.05, 0) is 23.9 Å². The van der Waals surface area contributed by atoms with Crippen LogP contribution in [-0.4, -0.2) is 48.9 Å². The molecule has 0 amide bonds. The topological polar surface area (TPSA) is 35.9 Å². The minimum Gasteiger partial charge on any atom is -0.497 e. The van der Waals surface area contributed by atoms with Gasteiger partial charge >= 0.3 is 0 Å². The monoisotopic (exact) mass is 256 g/mol. The molecule has 1 aliphatic rings. The molecule has 4 nitrogen and oxygen atoms in total. The zero-order chi connectivity index (χ0) is 12.3. The van der Waals surface area contributed by atoms with Crippen molar-refractivity contribution in [3.05, 3.63) is 24.3 Å². The van der Waals surface area contributed by atoms with E-state index in [1.165, 1.54) is 0 Å². The Bertz CT molecular complexity index is 375. The fraction of sp³-hybridized carbons (Fsp3) is 0.500. The molecule has 94 valence electrons. The average molecular weight is 257 g/mol. The Morgan fingerprint density at radius 1 is 1.47 bits per heavy atom. The number of methoxy groups -OCH3 is 1. The molecule has 17 heavy (non-hydrogen) atoms. The largest absolute Gasteiger partial charge is 0.497 e. The summed E-state index contributed by atoms with van der Waals surface area (Å²) in [5.74, 6) is 0.844.